The van der Waals surface area contributed by atoms with Crippen molar-refractivity contribution < 1.29 is 19.8 Å². The van der Waals surface area contributed by atoms with Gasteiger partial charge in [0.1, 0.15) is 6.04 Å². The Hall–Kier alpha value is -1.14. The molecule has 1 saturated heterocycles. The van der Waals surface area contributed by atoms with Crippen LogP contribution in [0.5, 0.6) is 0 Å². The molecule has 0 bridgehead atoms. The van der Waals surface area contributed by atoms with Gasteiger partial charge in [-0.05, 0) is 12.8 Å². The fraction of sp³-hybridized carbons (Fsp3) is 0.750. The van der Waals surface area contributed by atoms with E-state index >= 15 is 0 Å². The van der Waals surface area contributed by atoms with Gasteiger partial charge in [0, 0.05) is 13.1 Å². The molecule has 0 aromatic heterocycles. The molecule has 0 unspecified atom stereocenters. The Morgan fingerprint density at radius 2 is 2.14 bits per heavy atom. The highest BCUT2D eigenvalue weighted by Crippen LogP contribution is 2.14. The van der Waals surface area contributed by atoms with Crippen LogP contribution in [0.25, 0.3) is 0 Å². The lowest BCUT2D eigenvalue weighted by molar-refractivity contribution is -0.143. The zero-order chi connectivity index (χ0) is 10.6. The van der Waals surface area contributed by atoms with Crippen LogP contribution in [0.15, 0.2) is 0 Å². The summed E-state index contributed by atoms with van der Waals surface area (Å²) < 4.78 is 0. The van der Waals surface area contributed by atoms with E-state index in [2.05, 4.69) is 5.43 Å². The smallest absolute Gasteiger partial charge is 0.322 e. The maximum Gasteiger partial charge on any atom is 0.322 e. The Morgan fingerprint density at radius 1 is 1.43 bits per heavy atom. The number of hydrogen-bond acceptors (Lipinski definition) is 4. The molecule has 1 heterocycles. The highest BCUT2D eigenvalue weighted by molar-refractivity contribution is 5.73. The van der Waals surface area contributed by atoms with E-state index in [0.717, 1.165) is 6.42 Å². The van der Waals surface area contributed by atoms with Crippen molar-refractivity contribution in [3.05, 3.63) is 0 Å². The van der Waals surface area contributed by atoms with E-state index in [9.17, 15) is 9.59 Å². The van der Waals surface area contributed by atoms with E-state index in [1.165, 1.54) is 0 Å². The normalized spacial score (nSPS) is 22.4. The molecule has 1 aliphatic heterocycles. The van der Waals surface area contributed by atoms with E-state index in [0.29, 0.717) is 13.0 Å². The number of hydrazine groups is 1. The van der Waals surface area contributed by atoms with Crippen molar-refractivity contribution in [3.8, 4) is 0 Å². The van der Waals surface area contributed by atoms with Crippen molar-refractivity contribution in [2.24, 2.45) is 0 Å². The van der Waals surface area contributed by atoms with Gasteiger partial charge in [-0.1, -0.05) is 0 Å². The molecule has 6 heteroatoms. The second-order valence-electron chi connectivity index (χ2n) is 3.24. The predicted octanol–water partition coefficient (Wildman–Crippen LogP) is -0.485. The SMILES string of the molecule is O=C(O)CCNN1CCC[C@H]1C(=O)O. The molecule has 1 fully saturated rings. The molecule has 1 rings (SSSR count). The van der Waals surface area contributed by atoms with Crippen LogP contribution >= 0.6 is 0 Å². The summed E-state index contributed by atoms with van der Waals surface area (Å²) in [6.07, 6.45) is 1.45. The zero-order valence-corrected chi connectivity index (χ0v) is 7.77. The first kappa shape index (κ1) is 10.9. The molecule has 0 aliphatic carbocycles. The maximum absolute atomic E-state index is 10.7. The van der Waals surface area contributed by atoms with Gasteiger partial charge in [0.05, 0.1) is 6.42 Å². The van der Waals surface area contributed by atoms with Gasteiger partial charge in [-0.15, -0.1) is 0 Å². The average Bonchev–Trinajstić information content (AvgIpc) is 2.51. The van der Waals surface area contributed by atoms with Crippen LogP contribution in [0.2, 0.25) is 0 Å². The summed E-state index contributed by atoms with van der Waals surface area (Å²) in [4.78, 5) is 20.9. The van der Waals surface area contributed by atoms with E-state index in [1.54, 1.807) is 5.01 Å². The Labute approximate surface area is 81.5 Å². The molecule has 14 heavy (non-hydrogen) atoms. The number of hydrogen-bond donors (Lipinski definition) is 3. The quantitative estimate of drug-likeness (QED) is 0.557. The number of nitrogens with one attached hydrogen (secondary N) is 1. The van der Waals surface area contributed by atoms with Crippen molar-refractivity contribution in [1.29, 1.82) is 0 Å². The summed E-state index contributed by atoms with van der Waals surface area (Å²) in [6, 6.07) is -0.510. The van der Waals surface area contributed by atoms with Crippen LogP contribution in [0.1, 0.15) is 19.3 Å². The molecule has 1 aliphatic rings. The zero-order valence-electron chi connectivity index (χ0n) is 7.77. The van der Waals surface area contributed by atoms with Crippen molar-refractivity contribution in [2.45, 2.75) is 25.3 Å². The molecule has 0 amide bonds. The average molecular weight is 202 g/mol. The molecule has 6 nitrogen and oxygen atoms in total. The number of nitrogens with zero attached hydrogens (tertiary/aromatic N) is 1. The Kier molecular flexibility index (Phi) is 3.84. The number of aliphatic carboxylic acids is 2. The van der Waals surface area contributed by atoms with E-state index < -0.39 is 18.0 Å². The van der Waals surface area contributed by atoms with Gasteiger partial charge in [-0.25, -0.2) is 5.01 Å². The third kappa shape index (κ3) is 2.97. The Balaban J connectivity index is 2.29. The summed E-state index contributed by atoms with van der Waals surface area (Å²) in [5.41, 5.74) is 2.82. The first-order valence-corrected chi connectivity index (χ1v) is 4.56. The maximum atomic E-state index is 10.7. The van der Waals surface area contributed by atoms with Gasteiger partial charge in [0.15, 0.2) is 0 Å². The second-order valence-corrected chi connectivity index (χ2v) is 3.24. The van der Waals surface area contributed by atoms with Gasteiger partial charge in [-0.2, -0.15) is 0 Å². The summed E-state index contributed by atoms with van der Waals surface area (Å²) >= 11 is 0. The molecule has 0 radical (unpaired) electrons. The minimum atomic E-state index is -0.886. The third-order valence-electron chi connectivity index (χ3n) is 2.19. The van der Waals surface area contributed by atoms with Crippen LogP contribution in [-0.2, 0) is 9.59 Å². The lowest BCUT2D eigenvalue weighted by Crippen LogP contribution is -2.46. The Morgan fingerprint density at radius 3 is 2.71 bits per heavy atom. The summed E-state index contributed by atoms with van der Waals surface area (Å²) in [5, 5.41) is 18.8. The lowest BCUT2D eigenvalue weighted by Gasteiger charge is -2.21. The van der Waals surface area contributed by atoms with E-state index in [1.807, 2.05) is 0 Å². The highest BCUT2D eigenvalue weighted by atomic mass is 16.4. The molecule has 0 spiro atoms. The summed E-state index contributed by atoms with van der Waals surface area (Å²) in [7, 11) is 0. The van der Waals surface area contributed by atoms with Gasteiger partial charge >= 0.3 is 11.9 Å². The summed E-state index contributed by atoms with van der Waals surface area (Å²) in [6.45, 7) is 0.940. The van der Waals surface area contributed by atoms with E-state index in [4.69, 9.17) is 10.2 Å². The minimum absolute atomic E-state index is 0.00282. The summed E-state index contributed by atoms with van der Waals surface area (Å²) in [5.74, 6) is -1.74. The van der Waals surface area contributed by atoms with Crippen molar-refractivity contribution in [1.82, 2.24) is 10.4 Å². The van der Waals surface area contributed by atoms with Crippen molar-refractivity contribution in [3.63, 3.8) is 0 Å². The van der Waals surface area contributed by atoms with Gasteiger partial charge in [0.2, 0.25) is 0 Å². The number of carbonyl (C=O) groups is 2. The molecule has 1 atom stereocenters. The molecular weight excluding hydrogens is 188 g/mol. The van der Waals surface area contributed by atoms with Crippen LogP contribution < -0.4 is 5.43 Å². The number of rotatable bonds is 5. The molecule has 80 valence electrons. The van der Waals surface area contributed by atoms with Crippen molar-refractivity contribution >= 4 is 11.9 Å². The van der Waals surface area contributed by atoms with Gasteiger partial charge in [0.25, 0.3) is 0 Å². The van der Waals surface area contributed by atoms with Crippen LogP contribution in [0, 0.1) is 0 Å². The van der Waals surface area contributed by atoms with Crippen molar-refractivity contribution in [2.75, 3.05) is 13.1 Å². The van der Waals surface area contributed by atoms with Crippen LogP contribution in [0.3, 0.4) is 0 Å². The van der Waals surface area contributed by atoms with Gasteiger partial charge < -0.3 is 10.2 Å². The molecule has 0 aromatic carbocycles. The Bertz CT molecular complexity index is 231. The fourth-order valence-electron chi connectivity index (χ4n) is 1.52. The largest absolute Gasteiger partial charge is 0.481 e. The number of carboxylic acids is 2. The fourth-order valence-corrected chi connectivity index (χ4v) is 1.52. The standard InChI is InChI=1S/C8H14N2O4/c11-7(12)3-4-9-10-5-1-2-6(10)8(13)14/h6,9H,1-5H2,(H,11,12)(H,13,14)/t6-/m0/s1. The first-order chi connectivity index (χ1) is 6.61. The van der Waals surface area contributed by atoms with Gasteiger partial charge in [-0.3, -0.25) is 15.0 Å². The predicted molar refractivity (Wildman–Crippen MR) is 47.6 cm³/mol. The third-order valence-corrected chi connectivity index (χ3v) is 2.19. The molecule has 0 saturated carbocycles. The molecule has 3 N–H and O–H groups in total. The van der Waals surface area contributed by atoms with Crippen LogP contribution in [0.4, 0.5) is 0 Å². The first-order valence-electron chi connectivity index (χ1n) is 4.56. The topological polar surface area (TPSA) is 89.9 Å². The highest BCUT2D eigenvalue weighted by Gasteiger charge is 2.29. The molecule has 0 aromatic rings. The van der Waals surface area contributed by atoms with Crippen LogP contribution in [-0.4, -0.2) is 46.3 Å². The lowest BCUT2D eigenvalue weighted by atomic mass is 10.2. The second kappa shape index (κ2) is 4.92. The molecular formula is C8H14N2O4. The van der Waals surface area contributed by atoms with E-state index in [-0.39, 0.29) is 13.0 Å². The number of carboxylic acid groups (broad SMARTS) is 2. The monoisotopic (exact) mass is 202 g/mol. The minimum Gasteiger partial charge on any atom is -0.481 e.